The lowest BCUT2D eigenvalue weighted by molar-refractivity contribution is -0.143. The van der Waals surface area contributed by atoms with Crippen molar-refractivity contribution in [1.82, 2.24) is 9.80 Å². The number of benzene rings is 1. The maximum absolute atomic E-state index is 12.7. The molecule has 1 fully saturated rings. The molecule has 0 radical (unpaired) electrons. The summed E-state index contributed by atoms with van der Waals surface area (Å²) >= 11 is 0. The highest BCUT2D eigenvalue weighted by Crippen LogP contribution is 2.24. The molecule has 126 valence electrons. The fraction of sp³-hybridized carbons (Fsp3) is 0.529. The molecule has 1 unspecified atom stereocenters. The number of rotatable bonds is 6. The predicted octanol–water partition coefficient (Wildman–Crippen LogP) is 1.56. The van der Waals surface area contributed by atoms with Gasteiger partial charge in [-0.3, -0.25) is 9.59 Å². The predicted molar refractivity (Wildman–Crippen MR) is 86.8 cm³/mol. The molecule has 2 rings (SSSR count). The lowest BCUT2D eigenvalue weighted by Crippen LogP contribution is -2.42. The first-order valence-corrected chi connectivity index (χ1v) is 7.87. The summed E-state index contributed by atoms with van der Waals surface area (Å²) in [5, 5.41) is 9.16. The van der Waals surface area contributed by atoms with Crippen LogP contribution in [0.4, 0.5) is 0 Å². The number of para-hydroxylation sites is 1. The van der Waals surface area contributed by atoms with Crippen LogP contribution in [0, 0.1) is 5.92 Å². The monoisotopic (exact) mass is 320 g/mol. The molecule has 0 spiro atoms. The third kappa shape index (κ3) is 4.69. The number of likely N-dealkylation sites (N-methyl/N-ethyl adjacent to an activating group) is 1. The molecular formula is C17H24N2O4. The third-order valence-electron chi connectivity index (χ3n) is 3.97. The smallest absolute Gasteiger partial charge is 0.308 e. The van der Waals surface area contributed by atoms with Gasteiger partial charge in [-0.2, -0.15) is 0 Å². The van der Waals surface area contributed by atoms with E-state index in [0.717, 1.165) is 6.54 Å². The fourth-order valence-electron chi connectivity index (χ4n) is 2.64. The second-order valence-electron chi connectivity index (χ2n) is 6.08. The summed E-state index contributed by atoms with van der Waals surface area (Å²) in [6.07, 6.45) is 1.34. The van der Waals surface area contributed by atoms with Gasteiger partial charge >= 0.3 is 5.97 Å². The van der Waals surface area contributed by atoms with Gasteiger partial charge in [0.1, 0.15) is 12.4 Å². The molecule has 1 N–H and O–H groups in total. The lowest BCUT2D eigenvalue weighted by Gasteiger charge is -2.31. The maximum Gasteiger partial charge on any atom is 0.308 e. The minimum absolute atomic E-state index is 0.156. The second-order valence-corrected chi connectivity index (χ2v) is 6.08. The topological polar surface area (TPSA) is 70.1 Å². The van der Waals surface area contributed by atoms with Crippen LogP contribution in [-0.4, -0.2) is 67.1 Å². The molecule has 1 aromatic rings. The van der Waals surface area contributed by atoms with Crippen molar-refractivity contribution in [3.05, 3.63) is 29.8 Å². The zero-order chi connectivity index (χ0) is 16.8. The van der Waals surface area contributed by atoms with E-state index in [0.29, 0.717) is 37.3 Å². The Labute approximate surface area is 136 Å². The Hall–Kier alpha value is -2.08. The number of nitrogens with zero attached hydrogens (tertiary/aromatic N) is 2. The number of carboxylic acids is 1. The summed E-state index contributed by atoms with van der Waals surface area (Å²) in [5.74, 6) is -0.916. The highest BCUT2D eigenvalue weighted by molar-refractivity contribution is 5.97. The van der Waals surface area contributed by atoms with Gasteiger partial charge in [0.25, 0.3) is 5.91 Å². The average molecular weight is 320 g/mol. The van der Waals surface area contributed by atoms with Crippen molar-refractivity contribution in [1.29, 1.82) is 0 Å². The van der Waals surface area contributed by atoms with E-state index in [1.165, 1.54) is 0 Å². The number of likely N-dealkylation sites (tertiary alicyclic amines) is 1. The second kappa shape index (κ2) is 7.97. The first kappa shape index (κ1) is 17.3. The first-order chi connectivity index (χ1) is 11.0. The SMILES string of the molecule is CN(C)CCOc1ccccc1C(=O)N1CCCC(C(=O)O)C1. The third-order valence-corrected chi connectivity index (χ3v) is 3.97. The Bertz CT molecular complexity index is 559. The summed E-state index contributed by atoms with van der Waals surface area (Å²) in [5.41, 5.74) is 0.497. The van der Waals surface area contributed by atoms with Crippen molar-refractivity contribution in [2.24, 2.45) is 5.92 Å². The maximum atomic E-state index is 12.7. The number of amides is 1. The minimum atomic E-state index is -0.835. The Kier molecular flexibility index (Phi) is 5.98. The van der Waals surface area contributed by atoms with Crippen LogP contribution in [0.5, 0.6) is 5.75 Å². The molecule has 0 aliphatic carbocycles. The van der Waals surface area contributed by atoms with E-state index in [2.05, 4.69) is 0 Å². The van der Waals surface area contributed by atoms with Crippen LogP contribution in [0.3, 0.4) is 0 Å². The molecule has 1 heterocycles. The van der Waals surface area contributed by atoms with Crippen LogP contribution in [0.25, 0.3) is 0 Å². The Morgan fingerprint density at radius 1 is 1.35 bits per heavy atom. The van der Waals surface area contributed by atoms with Crippen molar-refractivity contribution in [2.45, 2.75) is 12.8 Å². The molecule has 23 heavy (non-hydrogen) atoms. The van der Waals surface area contributed by atoms with Crippen molar-refractivity contribution >= 4 is 11.9 Å². The number of carbonyl (C=O) groups excluding carboxylic acids is 1. The number of ether oxygens (including phenoxy) is 1. The lowest BCUT2D eigenvalue weighted by atomic mass is 9.97. The van der Waals surface area contributed by atoms with Gasteiger partial charge < -0.3 is 19.6 Å². The molecule has 1 aliphatic rings. The van der Waals surface area contributed by atoms with E-state index in [9.17, 15) is 9.59 Å². The van der Waals surface area contributed by atoms with Gasteiger partial charge in [-0.15, -0.1) is 0 Å². The Morgan fingerprint density at radius 3 is 2.78 bits per heavy atom. The fourth-order valence-corrected chi connectivity index (χ4v) is 2.64. The van der Waals surface area contributed by atoms with E-state index < -0.39 is 11.9 Å². The molecule has 0 saturated carbocycles. The molecule has 1 amide bonds. The first-order valence-electron chi connectivity index (χ1n) is 7.87. The van der Waals surface area contributed by atoms with Crippen LogP contribution in [-0.2, 0) is 4.79 Å². The molecule has 1 aromatic carbocycles. The van der Waals surface area contributed by atoms with Crippen LogP contribution in [0.15, 0.2) is 24.3 Å². The summed E-state index contributed by atoms with van der Waals surface area (Å²) in [4.78, 5) is 27.5. The molecule has 0 bridgehead atoms. The number of carbonyl (C=O) groups is 2. The molecule has 6 nitrogen and oxygen atoms in total. The molecule has 1 atom stereocenters. The summed E-state index contributed by atoms with van der Waals surface area (Å²) in [7, 11) is 3.92. The van der Waals surface area contributed by atoms with Gasteiger partial charge in [0.15, 0.2) is 0 Å². The minimum Gasteiger partial charge on any atom is -0.491 e. The molecule has 6 heteroatoms. The standard InChI is InChI=1S/C17H24N2O4/c1-18(2)10-11-23-15-8-4-3-7-14(15)16(20)19-9-5-6-13(12-19)17(21)22/h3-4,7-8,13H,5-6,9-12H2,1-2H3,(H,21,22). The van der Waals surface area contributed by atoms with E-state index in [4.69, 9.17) is 9.84 Å². The highest BCUT2D eigenvalue weighted by atomic mass is 16.5. The number of carboxylic acid groups (broad SMARTS) is 1. The number of hydrogen-bond acceptors (Lipinski definition) is 4. The zero-order valence-corrected chi connectivity index (χ0v) is 13.7. The van der Waals surface area contributed by atoms with Crippen molar-refractivity contribution in [2.75, 3.05) is 40.3 Å². The normalized spacial score (nSPS) is 18.0. The van der Waals surface area contributed by atoms with Gasteiger partial charge in [0, 0.05) is 19.6 Å². The largest absolute Gasteiger partial charge is 0.491 e. The number of piperidine rings is 1. The summed E-state index contributed by atoms with van der Waals surface area (Å²) in [6.45, 7) is 2.11. The quantitative estimate of drug-likeness (QED) is 0.861. The average Bonchev–Trinajstić information content (AvgIpc) is 2.54. The van der Waals surface area contributed by atoms with E-state index in [-0.39, 0.29) is 12.5 Å². The summed E-state index contributed by atoms with van der Waals surface area (Å²) in [6, 6.07) is 7.14. The Balaban J connectivity index is 2.08. The number of aliphatic carboxylic acids is 1. The molecule has 1 aliphatic heterocycles. The van der Waals surface area contributed by atoms with Gasteiger partial charge in [-0.05, 0) is 39.1 Å². The molecular weight excluding hydrogens is 296 g/mol. The van der Waals surface area contributed by atoms with Gasteiger partial charge in [-0.25, -0.2) is 0 Å². The van der Waals surface area contributed by atoms with Crippen LogP contribution >= 0.6 is 0 Å². The van der Waals surface area contributed by atoms with E-state index >= 15 is 0 Å². The molecule has 0 aromatic heterocycles. The van der Waals surface area contributed by atoms with Crippen LogP contribution < -0.4 is 4.74 Å². The van der Waals surface area contributed by atoms with Gasteiger partial charge in [0.05, 0.1) is 11.5 Å². The zero-order valence-electron chi connectivity index (χ0n) is 13.7. The van der Waals surface area contributed by atoms with Crippen molar-refractivity contribution in [3.63, 3.8) is 0 Å². The highest BCUT2D eigenvalue weighted by Gasteiger charge is 2.29. The van der Waals surface area contributed by atoms with Crippen LogP contribution in [0.2, 0.25) is 0 Å². The van der Waals surface area contributed by atoms with Crippen molar-refractivity contribution < 1.29 is 19.4 Å². The van der Waals surface area contributed by atoms with Crippen LogP contribution in [0.1, 0.15) is 23.2 Å². The van der Waals surface area contributed by atoms with E-state index in [1.54, 1.807) is 23.1 Å². The van der Waals surface area contributed by atoms with Gasteiger partial charge in [-0.1, -0.05) is 12.1 Å². The van der Waals surface area contributed by atoms with E-state index in [1.807, 2.05) is 25.1 Å². The molecule has 1 saturated heterocycles. The Morgan fingerprint density at radius 2 is 2.09 bits per heavy atom. The van der Waals surface area contributed by atoms with Crippen molar-refractivity contribution in [3.8, 4) is 5.75 Å². The number of hydrogen-bond donors (Lipinski definition) is 1. The van der Waals surface area contributed by atoms with Gasteiger partial charge in [0.2, 0.25) is 0 Å². The summed E-state index contributed by atoms with van der Waals surface area (Å²) < 4.78 is 5.73.